The van der Waals surface area contributed by atoms with Crippen molar-refractivity contribution in [1.82, 2.24) is 5.32 Å². The Labute approximate surface area is 80.0 Å². The standard InChI is InChI=1S/C9H21N3O/c1-7(2)12-9(13)8(11)5-3-4-6-10/h7-8H,3-6,10-11H2,1-2H3,(H,12,13). The van der Waals surface area contributed by atoms with E-state index in [1.165, 1.54) is 0 Å². The fourth-order valence-corrected chi connectivity index (χ4v) is 1.03. The third-order valence-corrected chi connectivity index (χ3v) is 1.74. The van der Waals surface area contributed by atoms with Crippen molar-refractivity contribution < 1.29 is 4.79 Å². The van der Waals surface area contributed by atoms with Crippen LogP contribution in [0.1, 0.15) is 33.1 Å². The van der Waals surface area contributed by atoms with Crippen LogP contribution in [0.4, 0.5) is 0 Å². The van der Waals surface area contributed by atoms with Crippen molar-refractivity contribution in [1.29, 1.82) is 0 Å². The van der Waals surface area contributed by atoms with Gasteiger partial charge in [0, 0.05) is 6.04 Å². The van der Waals surface area contributed by atoms with Crippen LogP contribution in [-0.4, -0.2) is 24.5 Å². The molecule has 1 amide bonds. The van der Waals surface area contributed by atoms with E-state index in [1.54, 1.807) is 0 Å². The molecule has 0 fully saturated rings. The lowest BCUT2D eigenvalue weighted by Crippen LogP contribution is -2.43. The molecule has 0 aromatic rings. The Morgan fingerprint density at radius 3 is 2.46 bits per heavy atom. The van der Waals surface area contributed by atoms with Gasteiger partial charge in [-0.2, -0.15) is 0 Å². The molecule has 0 saturated carbocycles. The van der Waals surface area contributed by atoms with Crippen molar-refractivity contribution in [2.75, 3.05) is 6.54 Å². The van der Waals surface area contributed by atoms with E-state index in [4.69, 9.17) is 11.5 Å². The van der Waals surface area contributed by atoms with E-state index in [1.807, 2.05) is 13.8 Å². The number of hydrogen-bond acceptors (Lipinski definition) is 3. The molecule has 0 heterocycles. The fraction of sp³-hybridized carbons (Fsp3) is 0.889. The maximum Gasteiger partial charge on any atom is 0.237 e. The normalized spacial score (nSPS) is 13.0. The molecule has 4 heteroatoms. The van der Waals surface area contributed by atoms with Crippen molar-refractivity contribution in [3.63, 3.8) is 0 Å². The molecule has 0 aliphatic carbocycles. The summed E-state index contributed by atoms with van der Waals surface area (Å²) in [6.07, 6.45) is 2.57. The number of carbonyl (C=O) groups is 1. The Morgan fingerprint density at radius 2 is 2.00 bits per heavy atom. The molecule has 0 rings (SSSR count). The second kappa shape index (κ2) is 6.86. The molecule has 0 bridgehead atoms. The van der Waals surface area contributed by atoms with E-state index >= 15 is 0 Å². The summed E-state index contributed by atoms with van der Waals surface area (Å²) in [7, 11) is 0. The summed E-state index contributed by atoms with van der Waals surface area (Å²) in [6, 6.07) is -0.220. The quantitative estimate of drug-likeness (QED) is 0.511. The molecule has 0 aromatic carbocycles. The van der Waals surface area contributed by atoms with E-state index in [9.17, 15) is 4.79 Å². The van der Waals surface area contributed by atoms with Crippen LogP contribution in [-0.2, 0) is 4.79 Å². The monoisotopic (exact) mass is 187 g/mol. The van der Waals surface area contributed by atoms with Gasteiger partial charge in [-0.25, -0.2) is 0 Å². The minimum absolute atomic E-state index is 0.0629. The minimum atomic E-state index is -0.381. The van der Waals surface area contributed by atoms with E-state index in [-0.39, 0.29) is 18.0 Å². The van der Waals surface area contributed by atoms with Crippen LogP contribution in [0.2, 0.25) is 0 Å². The average Bonchev–Trinajstić information content (AvgIpc) is 2.03. The SMILES string of the molecule is CC(C)NC(=O)C(N)CCCCN. The molecular formula is C9H21N3O. The summed E-state index contributed by atoms with van der Waals surface area (Å²) < 4.78 is 0. The van der Waals surface area contributed by atoms with Gasteiger partial charge in [-0.05, 0) is 33.2 Å². The molecular weight excluding hydrogens is 166 g/mol. The first-order valence-electron chi connectivity index (χ1n) is 4.84. The molecule has 13 heavy (non-hydrogen) atoms. The molecule has 1 atom stereocenters. The first-order valence-corrected chi connectivity index (χ1v) is 4.84. The van der Waals surface area contributed by atoms with Gasteiger partial charge in [0.1, 0.15) is 0 Å². The highest BCUT2D eigenvalue weighted by molar-refractivity contribution is 5.81. The topological polar surface area (TPSA) is 81.1 Å². The van der Waals surface area contributed by atoms with Gasteiger partial charge in [0.2, 0.25) is 5.91 Å². The lowest BCUT2D eigenvalue weighted by molar-refractivity contribution is -0.123. The lowest BCUT2D eigenvalue weighted by atomic mass is 10.1. The Bertz CT molecular complexity index is 148. The van der Waals surface area contributed by atoms with Gasteiger partial charge in [-0.1, -0.05) is 6.42 Å². The van der Waals surface area contributed by atoms with Crippen LogP contribution < -0.4 is 16.8 Å². The van der Waals surface area contributed by atoms with Crippen LogP contribution in [0.5, 0.6) is 0 Å². The Kier molecular flexibility index (Phi) is 6.54. The summed E-state index contributed by atoms with van der Waals surface area (Å²) in [4.78, 5) is 11.3. The van der Waals surface area contributed by atoms with Gasteiger partial charge in [0.15, 0.2) is 0 Å². The van der Waals surface area contributed by atoms with Crippen LogP contribution in [0.25, 0.3) is 0 Å². The molecule has 0 spiro atoms. The fourth-order valence-electron chi connectivity index (χ4n) is 1.03. The first kappa shape index (κ1) is 12.4. The summed E-state index contributed by atoms with van der Waals surface area (Å²) in [5, 5.41) is 2.77. The van der Waals surface area contributed by atoms with Crippen LogP contribution in [0, 0.1) is 0 Å². The molecule has 0 radical (unpaired) electrons. The van der Waals surface area contributed by atoms with Crippen molar-refractivity contribution >= 4 is 5.91 Å². The highest BCUT2D eigenvalue weighted by Gasteiger charge is 2.12. The predicted molar refractivity (Wildman–Crippen MR) is 54.2 cm³/mol. The third kappa shape index (κ3) is 6.54. The van der Waals surface area contributed by atoms with Gasteiger partial charge in [-0.15, -0.1) is 0 Å². The molecule has 5 N–H and O–H groups in total. The Morgan fingerprint density at radius 1 is 1.38 bits per heavy atom. The number of rotatable bonds is 6. The highest BCUT2D eigenvalue weighted by atomic mass is 16.2. The number of nitrogens with one attached hydrogen (secondary N) is 1. The van der Waals surface area contributed by atoms with Crippen LogP contribution in [0.15, 0.2) is 0 Å². The zero-order valence-corrected chi connectivity index (χ0v) is 8.55. The summed E-state index contributed by atoms with van der Waals surface area (Å²) in [6.45, 7) is 4.51. The maximum atomic E-state index is 11.3. The summed E-state index contributed by atoms with van der Waals surface area (Å²) in [5.74, 6) is -0.0629. The van der Waals surface area contributed by atoms with Gasteiger partial charge < -0.3 is 16.8 Å². The van der Waals surface area contributed by atoms with E-state index in [0.29, 0.717) is 6.54 Å². The first-order chi connectivity index (χ1) is 6.07. The van der Waals surface area contributed by atoms with E-state index in [2.05, 4.69) is 5.32 Å². The molecule has 1 unspecified atom stereocenters. The van der Waals surface area contributed by atoms with Gasteiger partial charge >= 0.3 is 0 Å². The number of amides is 1. The summed E-state index contributed by atoms with van der Waals surface area (Å²) >= 11 is 0. The van der Waals surface area contributed by atoms with Gasteiger partial charge in [0.05, 0.1) is 6.04 Å². The predicted octanol–water partition coefficient (Wildman–Crippen LogP) is -0.0327. The Hall–Kier alpha value is -0.610. The Balaban J connectivity index is 3.57. The second-order valence-electron chi connectivity index (χ2n) is 3.55. The zero-order valence-electron chi connectivity index (χ0n) is 8.55. The van der Waals surface area contributed by atoms with E-state index in [0.717, 1.165) is 19.3 Å². The maximum absolute atomic E-state index is 11.3. The third-order valence-electron chi connectivity index (χ3n) is 1.74. The number of unbranched alkanes of at least 4 members (excludes halogenated alkanes) is 1. The minimum Gasteiger partial charge on any atom is -0.353 e. The number of carbonyl (C=O) groups excluding carboxylic acids is 1. The van der Waals surface area contributed by atoms with Gasteiger partial charge in [-0.3, -0.25) is 4.79 Å². The zero-order chi connectivity index (χ0) is 10.3. The molecule has 78 valence electrons. The van der Waals surface area contributed by atoms with Crippen molar-refractivity contribution in [2.24, 2.45) is 11.5 Å². The number of nitrogens with two attached hydrogens (primary N) is 2. The average molecular weight is 187 g/mol. The largest absolute Gasteiger partial charge is 0.353 e. The molecule has 4 nitrogen and oxygen atoms in total. The van der Waals surface area contributed by atoms with Crippen molar-refractivity contribution in [3.05, 3.63) is 0 Å². The summed E-state index contributed by atoms with van der Waals surface area (Å²) in [5.41, 5.74) is 11.0. The highest BCUT2D eigenvalue weighted by Crippen LogP contribution is 1.98. The van der Waals surface area contributed by atoms with Crippen LogP contribution >= 0.6 is 0 Å². The van der Waals surface area contributed by atoms with Crippen molar-refractivity contribution in [2.45, 2.75) is 45.2 Å². The molecule has 0 aliphatic heterocycles. The molecule has 0 aliphatic rings. The molecule has 0 aromatic heterocycles. The lowest BCUT2D eigenvalue weighted by Gasteiger charge is -2.13. The second-order valence-corrected chi connectivity index (χ2v) is 3.55. The van der Waals surface area contributed by atoms with E-state index < -0.39 is 0 Å². The smallest absolute Gasteiger partial charge is 0.237 e. The molecule has 0 saturated heterocycles. The number of hydrogen-bond donors (Lipinski definition) is 3. The van der Waals surface area contributed by atoms with Gasteiger partial charge in [0.25, 0.3) is 0 Å². The van der Waals surface area contributed by atoms with Crippen LogP contribution in [0.3, 0.4) is 0 Å². The van der Waals surface area contributed by atoms with Crippen molar-refractivity contribution in [3.8, 4) is 0 Å².